The van der Waals surface area contributed by atoms with Gasteiger partial charge in [0.05, 0.1) is 0 Å². The van der Waals surface area contributed by atoms with E-state index in [2.05, 4.69) is 48.2 Å². The molecule has 0 saturated carbocycles. The zero-order valence-electron chi connectivity index (χ0n) is 10.2. The van der Waals surface area contributed by atoms with Crippen LogP contribution in [0.3, 0.4) is 0 Å². The molecule has 14 heavy (non-hydrogen) atoms. The summed E-state index contributed by atoms with van der Waals surface area (Å²) in [6, 6.07) is 0. The van der Waals surface area contributed by atoms with Gasteiger partial charge in [0.25, 0.3) is 0 Å². The van der Waals surface area contributed by atoms with Gasteiger partial charge in [0.15, 0.2) is 0 Å². The van der Waals surface area contributed by atoms with Crippen LogP contribution in [-0.2, 0) is 0 Å². The molecule has 80 valence electrons. The zero-order valence-corrected chi connectivity index (χ0v) is 12.2. The van der Waals surface area contributed by atoms with Crippen LogP contribution >= 0.6 is 0 Å². The maximum atomic E-state index is 3.81. The van der Waals surface area contributed by atoms with Crippen molar-refractivity contribution in [1.82, 2.24) is 0 Å². The molecule has 0 amide bonds. The van der Waals surface area contributed by atoms with Crippen LogP contribution in [0.5, 0.6) is 0 Å². The number of rotatable bonds is 7. The van der Waals surface area contributed by atoms with Gasteiger partial charge in [0.1, 0.15) is 0 Å². The summed E-state index contributed by atoms with van der Waals surface area (Å²) in [5.74, 6) is 0.848. The van der Waals surface area contributed by atoms with Crippen molar-refractivity contribution >= 4 is 20.5 Å². The second-order valence-electron chi connectivity index (χ2n) is 5.44. The maximum absolute atomic E-state index is 3.81. The van der Waals surface area contributed by atoms with Gasteiger partial charge < -0.3 is 0 Å². The molecule has 0 saturated heterocycles. The highest BCUT2D eigenvalue weighted by Gasteiger charge is 2.12. The lowest BCUT2D eigenvalue weighted by atomic mass is 10.00. The van der Waals surface area contributed by atoms with Crippen LogP contribution in [0.25, 0.3) is 0 Å². The second kappa shape index (κ2) is 6.83. The molecule has 0 aromatic heterocycles. The summed E-state index contributed by atoms with van der Waals surface area (Å²) >= 11 is 0. The Kier molecular flexibility index (Phi) is 7.04. The van der Waals surface area contributed by atoms with Gasteiger partial charge in [-0.15, -0.1) is 0 Å². The van der Waals surface area contributed by atoms with Gasteiger partial charge in [0, 0.05) is 20.5 Å². The van der Waals surface area contributed by atoms with Crippen LogP contribution < -0.4 is 0 Å². The molecule has 0 aliphatic rings. The normalized spacial score (nSPS) is 14.8. The average molecular weight is 224 g/mol. The van der Waals surface area contributed by atoms with E-state index in [0.717, 1.165) is 5.92 Å². The fourth-order valence-corrected chi connectivity index (χ4v) is 1.94. The van der Waals surface area contributed by atoms with E-state index >= 15 is 0 Å². The Morgan fingerprint density at radius 3 is 2.07 bits per heavy atom. The smallest absolute Gasteiger partial charge is 0.0305 e. The molecule has 0 rings (SSSR count). The van der Waals surface area contributed by atoms with E-state index in [0.29, 0.717) is 10.6 Å². The van der Waals surface area contributed by atoms with E-state index in [9.17, 15) is 0 Å². The molecule has 0 aliphatic carbocycles. The summed E-state index contributed by atoms with van der Waals surface area (Å²) in [7, 11) is 7.54. The predicted molar refractivity (Wildman–Crippen MR) is 67.2 cm³/mol. The Balaban J connectivity index is 3.42. The molecule has 0 N–H and O–H groups in total. The van der Waals surface area contributed by atoms with Crippen LogP contribution in [-0.4, -0.2) is 20.5 Å². The first-order valence-corrected chi connectivity index (χ1v) is 6.85. The summed E-state index contributed by atoms with van der Waals surface area (Å²) in [6.07, 6.45) is 6.54. The summed E-state index contributed by atoms with van der Waals surface area (Å²) in [6.45, 7) is 9.06. The summed E-state index contributed by atoms with van der Waals surface area (Å²) < 4.78 is 0. The molecule has 1 atom stereocenters. The van der Waals surface area contributed by atoms with E-state index < -0.39 is 0 Å². The third-order valence-electron chi connectivity index (χ3n) is 2.45. The van der Waals surface area contributed by atoms with E-state index in [-0.39, 0.29) is 0 Å². The molecule has 2 heteroatoms. The number of hydrogen-bond acceptors (Lipinski definition) is 0. The summed E-state index contributed by atoms with van der Waals surface area (Å²) in [5.41, 5.74) is 0.698. The van der Waals surface area contributed by atoms with Crippen LogP contribution in [0.2, 0.25) is 10.6 Å². The molecule has 6 radical (unpaired) electrons. The van der Waals surface area contributed by atoms with Gasteiger partial charge in [0.2, 0.25) is 0 Å². The SMILES string of the molecule is CC(C)CCCC([Si])CCC(C)(C)[Si]. The molecular weight excluding hydrogens is 200 g/mol. The predicted octanol–water partition coefficient (Wildman–Crippen LogP) is 3.92. The van der Waals surface area contributed by atoms with Gasteiger partial charge in [-0.05, 0) is 11.0 Å². The highest BCUT2D eigenvalue weighted by Crippen LogP contribution is 2.30. The molecule has 0 spiro atoms. The van der Waals surface area contributed by atoms with Crippen LogP contribution in [0, 0.1) is 5.92 Å². The maximum Gasteiger partial charge on any atom is 0.0305 e. The van der Waals surface area contributed by atoms with Crippen molar-refractivity contribution in [3.8, 4) is 0 Å². The van der Waals surface area contributed by atoms with Crippen molar-refractivity contribution in [2.24, 2.45) is 5.92 Å². The fraction of sp³-hybridized carbons (Fsp3) is 1.00. The third kappa shape index (κ3) is 10.5. The topological polar surface area (TPSA) is 0 Å². The number of hydrogen-bond donors (Lipinski definition) is 0. The minimum absolute atomic E-state index is 0.295. The Morgan fingerprint density at radius 1 is 1.07 bits per heavy atom. The Bertz CT molecular complexity index is 136. The molecule has 0 nitrogen and oxygen atoms in total. The van der Waals surface area contributed by atoms with Crippen LogP contribution in [0.4, 0.5) is 0 Å². The largest absolute Gasteiger partial charge is 0.0631 e. The molecule has 0 aromatic rings. The van der Waals surface area contributed by atoms with Gasteiger partial charge in [-0.1, -0.05) is 65.3 Å². The zero-order chi connectivity index (χ0) is 11.2. The average Bonchev–Trinajstić information content (AvgIpc) is 1.99. The molecule has 0 aliphatic heterocycles. The van der Waals surface area contributed by atoms with E-state index in [4.69, 9.17) is 0 Å². The molecule has 0 heterocycles. The van der Waals surface area contributed by atoms with Gasteiger partial charge in [-0.2, -0.15) is 0 Å². The van der Waals surface area contributed by atoms with Crippen molar-refractivity contribution in [3.63, 3.8) is 0 Å². The van der Waals surface area contributed by atoms with E-state index in [1.807, 2.05) is 0 Å². The Labute approximate surface area is 97.1 Å². The van der Waals surface area contributed by atoms with Gasteiger partial charge >= 0.3 is 0 Å². The lowest BCUT2D eigenvalue weighted by molar-refractivity contribution is 0.495. The molecule has 0 fully saturated rings. The fourth-order valence-electron chi connectivity index (χ4n) is 1.45. The monoisotopic (exact) mass is 224 g/mol. The van der Waals surface area contributed by atoms with Crippen molar-refractivity contribution in [2.75, 3.05) is 0 Å². The minimum atomic E-state index is 0.295. The first-order chi connectivity index (χ1) is 6.31. The molecule has 0 bridgehead atoms. The van der Waals surface area contributed by atoms with Crippen molar-refractivity contribution in [1.29, 1.82) is 0 Å². The van der Waals surface area contributed by atoms with E-state index in [1.54, 1.807) is 0 Å². The molecule has 1 unspecified atom stereocenters. The first-order valence-electron chi connectivity index (χ1n) is 5.77. The van der Waals surface area contributed by atoms with Gasteiger partial charge in [-0.3, -0.25) is 0 Å². The lowest BCUT2D eigenvalue weighted by Gasteiger charge is -2.20. The Hall–Kier alpha value is 0.434. The van der Waals surface area contributed by atoms with Crippen molar-refractivity contribution < 1.29 is 0 Å². The van der Waals surface area contributed by atoms with Crippen LogP contribution in [0.15, 0.2) is 0 Å². The van der Waals surface area contributed by atoms with Crippen LogP contribution in [0.1, 0.15) is 59.8 Å². The minimum Gasteiger partial charge on any atom is -0.0631 e. The van der Waals surface area contributed by atoms with Crippen molar-refractivity contribution in [2.45, 2.75) is 70.4 Å². The quantitative estimate of drug-likeness (QED) is 0.575. The summed E-state index contributed by atoms with van der Waals surface area (Å²) in [4.78, 5) is 0. The lowest BCUT2D eigenvalue weighted by Crippen LogP contribution is -2.04. The van der Waals surface area contributed by atoms with E-state index in [1.165, 1.54) is 32.1 Å². The first kappa shape index (κ1) is 14.4. The van der Waals surface area contributed by atoms with Gasteiger partial charge in [-0.25, -0.2) is 0 Å². The highest BCUT2D eigenvalue weighted by atomic mass is 28.1. The molecule has 0 aromatic carbocycles. The Morgan fingerprint density at radius 2 is 1.64 bits per heavy atom. The third-order valence-corrected chi connectivity index (χ3v) is 3.28. The standard InChI is InChI=1S/C12H24Si2/c1-10(2)6-5-7-11(13)8-9-12(3,4)14/h10-11H,5-9H2,1-4H3. The summed E-state index contributed by atoms with van der Waals surface area (Å²) in [5, 5.41) is 0.295. The van der Waals surface area contributed by atoms with Crippen molar-refractivity contribution in [3.05, 3.63) is 0 Å². The highest BCUT2D eigenvalue weighted by molar-refractivity contribution is 6.14. The molecular formula is C12H24Si2. The second-order valence-corrected chi connectivity index (χ2v) is 7.61.